The molecule has 5 nitrogen and oxygen atoms in total. The normalized spacial score (nSPS) is 20.9. The molecular weight excluding hydrogens is 408 g/mol. The lowest BCUT2D eigenvalue weighted by Gasteiger charge is -2.26. The Morgan fingerprint density at radius 3 is 2.67 bits per heavy atom. The molecule has 8 heteroatoms. The van der Waals surface area contributed by atoms with E-state index >= 15 is 0 Å². The topological polar surface area (TPSA) is 61.3 Å². The first-order chi connectivity index (χ1) is 14.6. The minimum atomic E-state index is -0.604. The smallest absolute Gasteiger partial charge is 0.126 e. The van der Waals surface area contributed by atoms with Crippen molar-refractivity contribution in [2.75, 3.05) is 18.4 Å². The summed E-state index contributed by atoms with van der Waals surface area (Å²) in [6.45, 7) is 2.19. The van der Waals surface area contributed by atoms with E-state index in [9.17, 15) is 8.78 Å². The average molecular weight is 432 g/mol. The lowest BCUT2D eigenvalue weighted by molar-refractivity contribution is 0.478. The number of benzene rings is 1. The van der Waals surface area contributed by atoms with Crippen molar-refractivity contribution in [1.82, 2.24) is 15.6 Å². The SMILES string of the molecule is Fc1cc(F)cc(CN=C2C=CCC(c3cc(NC4CCNCC4)ncc3Cl)N2)c1. The Bertz CT molecular complexity index is 936. The van der Waals surface area contributed by atoms with Crippen LogP contribution in [0.3, 0.4) is 0 Å². The first-order valence-electron chi connectivity index (χ1n) is 10.1. The molecule has 2 aliphatic rings. The number of piperidine rings is 1. The van der Waals surface area contributed by atoms with Crippen molar-refractivity contribution in [2.24, 2.45) is 4.99 Å². The van der Waals surface area contributed by atoms with Crippen LogP contribution in [0, 0.1) is 11.6 Å². The molecule has 0 aliphatic carbocycles. The van der Waals surface area contributed by atoms with Crippen LogP contribution in [0.15, 0.2) is 47.6 Å². The number of aromatic nitrogens is 1. The molecule has 0 radical (unpaired) electrons. The van der Waals surface area contributed by atoms with E-state index in [0.29, 0.717) is 22.5 Å². The maximum atomic E-state index is 13.4. The number of anilines is 1. The van der Waals surface area contributed by atoms with Gasteiger partial charge in [-0.25, -0.2) is 13.8 Å². The summed E-state index contributed by atoms with van der Waals surface area (Å²) in [6.07, 6.45) is 8.43. The van der Waals surface area contributed by atoms with E-state index in [1.165, 1.54) is 12.1 Å². The highest BCUT2D eigenvalue weighted by Crippen LogP contribution is 2.29. The van der Waals surface area contributed by atoms with Crippen molar-refractivity contribution in [1.29, 1.82) is 0 Å². The van der Waals surface area contributed by atoms with Crippen LogP contribution >= 0.6 is 11.6 Å². The Balaban J connectivity index is 1.46. The molecule has 30 heavy (non-hydrogen) atoms. The number of hydrogen-bond acceptors (Lipinski definition) is 4. The van der Waals surface area contributed by atoms with E-state index in [4.69, 9.17) is 11.6 Å². The predicted molar refractivity (Wildman–Crippen MR) is 116 cm³/mol. The zero-order valence-corrected chi connectivity index (χ0v) is 17.2. The zero-order valence-electron chi connectivity index (χ0n) is 16.5. The standard InChI is InChI=1S/C22H24ClF2N5/c23-19-13-28-22(29-17-4-6-26-7-5-17)11-18(19)20-2-1-3-21(30-20)27-12-14-8-15(24)10-16(25)9-14/h1,3,8-11,13,17,20,26H,2,4-7,12H2,(H,27,30)(H,28,29). The van der Waals surface area contributed by atoms with Crippen LogP contribution in [0.25, 0.3) is 0 Å². The fraction of sp³-hybridized carbons (Fsp3) is 0.364. The van der Waals surface area contributed by atoms with Gasteiger partial charge < -0.3 is 16.0 Å². The van der Waals surface area contributed by atoms with Crippen LogP contribution < -0.4 is 16.0 Å². The number of hydrogen-bond donors (Lipinski definition) is 3. The van der Waals surface area contributed by atoms with E-state index in [-0.39, 0.29) is 12.6 Å². The Kier molecular flexibility index (Phi) is 6.59. The van der Waals surface area contributed by atoms with Gasteiger partial charge in [-0.1, -0.05) is 17.7 Å². The summed E-state index contributed by atoms with van der Waals surface area (Å²) in [6, 6.07) is 5.76. The second kappa shape index (κ2) is 9.53. The summed E-state index contributed by atoms with van der Waals surface area (Å²) >= 11 is 6.44. The molecule has 1 unspecified atom stereocenters. The minimum Gasteiger partial charge on any atom is -0.367 e. The molecule has 0 amide bonds. The first-order valence-corrected chi connectivity index (χ1v) is 10.5. The quantitative estimate of drug-likeness (QED) is 0.658. The lowest BCUT2D eigenvalue weighted by atomic mass is 10.0. The Morgan fingerprint density at radius 1 is 1.13 bits per heavy atom. The average Bonchev–Trinajstić information content (AvgIpc) is 2.74. The summed E-state index contributed by atoms with van der Waals surface area (Å²) < 4.78 is 26.8. The van der Waals surface area contributed by atoms with Gasteiger partial charge in [0.2, 0.25) is 0 Å². The molecule has 1 aromatic heterocycles. The maximum Gasteiger partial charge on any atom is 0.126 e. The maximum absolute atomic E-state index is 13.4. The van der Waals surface area contributed by atoms with E-state index in [1.54, 1.807) is 6.20 Å². The number of rotatable bonds is 5. The highest BCUT2D eigenvalue weighted by molar-refractivity contribution is 6.31. The third kappa shape index (κ3) is 5.34. The van der Waals surface area contributed by atoms with Crippen LogP contribution in [-0.2, 0) is 6.54 Å². The van der Waals surface area contributed by atoms with E-state index in [0.717, 1.165) is 49.8 Å². The molecule has 0 spiro atoms. The van der Waals surface area contributed by atoms with Crippen LogP contribution in [0.5, 0.6) is 0 Å². The Hall–Kier alpha value is -2.51. The number of amidine groups is 1. The van der Waals surface area contributed by atoms with Crippen molar-refractivity contribution >= 4 is 23.3 Å². The number of nitrogens with one attached hydrogen (secondary N) is 3. The van der Waals surface area contributed by atoms with Crippen LogP contribution in [0.4, 0.5) is 14.6 Å². The van der Waals surface area contributed by atoms with Crippen molar-refractivity contribution < 1.29 is 8.78 Å². The predicted octanol–water partition coefficient (Wildman–Crippen LogP) is 4.37. The molecule has 4 rings (SSSR count). The number of nitrogens with zero attached hydrogens (tertiary/aromatic N) is 2. The van der Waals surface area contributed by atoms with E-state index in [2.05, 4.69) is 25.9 Å². The van der Waals surface area contributed by atoms with Gasteiger partial charge in [0.1, 0.15) is 23.3 Å². The molecule has 2 aromatic rings. The molecule has 0 bridgehead atoms. The van der Waals surface area contributed by atoms with Crippen LogP contribution in [0.2, 0.25) is 5.02 Å². The van der Waals surface area contributed by atoms with Crippen molar-refractivity contribution in [3.63, 3.8) is 0 Å². The molecule has 1 saturated heterocycles. The van der Waals surface area contributed by atoms with Gasteiger partial charge in [-0.2, -0.15) is 0 Å². The third-order valence-corrected chi connectivity index (χ3v) is 5.59. The van der Waals surface area contributed by atoms with Crippen molar-refractivity contribution in [3.05, 3.63) is 70.4 Å². The molecule has 3 N–H and O–H groups in total. The lowest BCUT2D eigenvalue weighted by Crippen LogP contribution is -2.35. The van der Waals surface area contributed by atoms with Gasteiger partial charge in [-0.15, -0.1) is 0 Å². The molecule has 1 atom stereocenters. The second-order valence-electron chi connectivity index (χ2n) is 7.57. The fourth-order valence-electron chi connectivity index (χ4n) is 3.76. The molecular formula is C22H24ClF2N5. The highest BCUT2D eigenvalue weighted by atomic mass is 35.5. The molecule has 1 fully saturated rings. The first kappa shape index (κ1) is 20.8. The van der Waals surface area contributed by atoms with Gasteiger partial charge in [-0.05, 0) is 67.8 Å². The van der Waals surface area contributed by atoms with Crippen molar-refractivity contribution in [3.8, 4) is 0 Å². The summed E-state index contributed by atoms with van der Waals surface area (Å²) in [4.78, 5) is 8.89. The number of pyridine rings is 1. The summed E-state index contributed by atoms with van der Waals surface area (Å²) in [7, 11) is 0. The molecule has 0 saturated carbocycles. The van der Waals surface area contributed by atoms with Crippen LogP contribution in [-0.4, -0.2) is 30.0 Å². The number of halogens is 3. The zero-order chi connectivity index (χ0) is 20.9. The van der Waals surface area contributed by atoms with Gasteiger partial charge in [0, 0.05) is 18.3 Å². The molecule has 2 aliphatic heterocycles. The van der Waals surface area contributed by atoms with Crippen LogP contribution in [0.1, 0.15) is 36.4 Å². The highest BCUT2D eigenvalue weighted by Gasteiger charge is 2.20. The van der Waals surface area contributed by atoms with E-state index < -0.39 is 11.6 Å². The van der Waals surface area contributed by atoms with Gasteiger partial charge >= 0.3 is 0 Å². The molecule has 158 valence electrons. The van der Waals surface area contributed by atoms with Gasteiger partial charge in [0.25, 0.3) is 0 Å². The van der Waals surface area contributed by atoms with Gasteiger partial charge in [-0.3, -0.25) is 4.99 Å². The fourth-order valence-corrected chi connectivity index (χ4v) is 3.99. The summed E-state index contributed by atoms with van der Waals surface area (Å²) in [5.41, 5.74) is 1.42. The summed E-state index contributed by atoms with van der Waals surface area (Å²) in [5.74, 6) is 0.253. The molecule has 1 aromatic carbocycles. The minimum absolute atomic E-state index is 0.0536. The summed E-state index contributed by atoms with van der Waals surface area (Å²) in [5, 5.41) is 10.8. The second-order valence-corrected chi connectivity index (χ2v) is 7.98. The Labute approximate surface area is 179 Å². The third-order valence-electron chi connectivity index (χ3n) is 5.28. The van der Waals surface area contributed by atoms with E-state index in [1.807, 2.05) is 18.2 Å². The van der Waals surface area contributed by atoms with Gasteiger partial charge in [0.15, 0.2) is 0 Å². The Morgan fingerprint density at radius 2 is 1.90 bits per heavy atom. The monoisotopic (exact) mass is 431 g/mol. The number of aliphatic imine (C=N–C) groups is 1. The molecule has 3 heterocycles. The largest absolute Gasteiger partial charge is 0.367 e. The van der Waals surface area contributed by atoms with Gasteiger partial charge in [0.05, 0.1) is 17.6 Å². The van der Waals surface area contributed by atoms with Crippen molar-refractivity contribution in [2.45, 2.75) is 37.9 Å².